The molecule has 0 unspecified atom stereocenters. The van der Waals surface area contributed by atoms with Crippen molar-refractivity contribution in [1.82, 2.24) is 76.0 Å². The topological polar surface area (TPSA) is 281 Å². The Morgan fingerprint density at radius 3 is 1.44 bits per heavy atom. The van der Waals surface area contributed by atoms with Crippen molar-refractivity contribution in [2.75, 3.05) is 0 Å². The normalized spacial score (nSPS) is 11.4. The van der Waals surface area contributed by atoms with E-state index in [-0.39, 0.29) is 29.0 Å². The van der Waals surface area contributed by atoms with Gasteiger partial charge in [0.1, 0.15) is 11.5 Å². The molecule has 20 nitrogen and oxygen atoms in total. The van der Waals surface area contributed by atoms with Crippen molar-refractivity contribution in [3.05, 3.63) is 135 Å². The summed E-state index contributed by atoms with van der Waals surface area (Å²) in [5.74, 6) is -0.911. The van der Waals surface area contributed by atoms with Crippen LogP contribution in [0.2, 0.25) is 15.1 Å². The summed E-state index contributed by atoms with van der Waals surface area (Å²) in [6.07, 6.45) is 7.00. The Morgan fingerprint density at radius 1 is 0.623 bits per heavy atom. The lowest BCUT2D eigenvalue weighted by molar-refractivity contribution is 0.101. The van der Waals surface area contributed by atoms with E-state index in [4.69, 9.17) is 34.8 Å². The van der Waals surface area contributed by atoms with E-state index < -0.39 is 11.6 Å². The number of nitrogens with zero attached hydrogens (tertiary/aromatic N) is 11. The maximum absolute atomic E-state index is 11.9. The van der Waals surface area contributed by atoms with Gasteiger partial charge in [-0.1, -0.05) is 34.8 Å². The number of aliphatic hydroxyl groups excluding tert-OH is 2. The van der Waals surface area contributed by atoms with Crippen molar-refractivity contribution in [3.8, 4) is 0 Å². The van der Waals surface area contributed by atoms with Crippen LogP contribution in [0.25, 0.3) is 44.2 Å². The number of aliphatic hydroxyl groups is 2. The number of carbonyl (C=O) groups excluding carboxylic acids is 3. The fourth-order valence-corrected chi connectivity index (χ4v) is 6.07. The van der Waals surface area contributed by atoms with Gasteiger partial charge < -0.3 is 25.2 Å². The number of H-pyrrole nitrogens is 4. The highest BCUT2D eigenvalue weighted by Crippen LogP contribution is 2.28. The molecule has 61 heavy (non-hydrogen) atoms. The Bertz CT molecular complexity index is 3050. The molecule has 0 radical (unpaired) electrons. The first kappa shape index (κ1) is 43.0. The zero-order chi connectivity index (χ0) is 43.8. The SMILES string of the molecule is CC(=O)c1c[nH]c2ccc(Cl)cc12.Cc1nnn(C)n1.Cn1nnc(C(=O)C=C(O)c2c[nH]c3ccc(Cl)cc23)n1.O=C(C=C(O)c1c[nH]c2ccc(Cl)cc12)c1nn[nH]n1. The van der Waals surface area contributed by atoms with E-state index in [0.717, 1.165) is 39.5 Å². The van der Waals surface area contributed by atoms with E-state index >= 15 is 0 Å². The Morgan fingerprint density at radius 2 is 1.07 bits per heavy atom. The Kier molecular flexibility index (Phi) is 13.4. The highest BCUT2D eigenvalue weighted by Gasteiger charge is 2.15. The first-order valence-corrected chi connectivity index (χ1v) is 18.7. The molecule has 6 N–H and O–H groups in total. The molecule has 0 bridgehead atoms. The molecule has 23 heteroatoms. The predicted octanol–water partition coefficient (Wildman–Crippen LogP) is 6.79. The summed E-state index contributed by atoms with van der Waals surface area (Å²) < 4.78 is 0. The number of aromatic nitrogens is 15. The van der Waals surface area contributed by atoms with Crippen molar-refractivity contribution in [2.24, 2.45) is 14.1 Å². The number of carbonyl (C=O) groups is 3. The number of rotatable bonds is 7. The molecule has 0 atom stereocenters. The zero-order valence-corrected chi connectivity index (χ0v) is 34.5. The van der Waals surface area contributed by atoms with Crippen LogP contribution >= 0.6 is 34.8 Å². The summed E-state index contributed by atoms with van der Waals surface area (Å²) >= 11 is 17.7. The van der Waals surface area contributed by atoms with Gasteiger partial charge in [0.15, 0.2) is 11.6 Å². The number of halogens is 3. The number of Topliss-reactive ketones (excluding diaryl/α,β-unsaturated/α-hetero) is 1. The second-order valence-electron chi connectivity index (χ2n) is 12.7. The summed E-state index contributed by atoms with van der Waals surface area (Å²) in [5.41, 5.74) is 4.19. The van der Waals surface area contributed by atoms with Crippen LogP contribution in [0, 0.1) is 6.92 Å². The predicted molar refractivity (Wildman–Crippen MR) is 226 cm³/mol. The van der Waals surface area contributed by atoms with Gasteiger partial charge >= 0.3 is 0 Å². The van der Waals surface area contributed by atoms with Crippen LogP contribution < -0.4 is 0 Å². The van der Waals surface area contributed by atoms with E-state index in [1.54, 1.807) is 95.1 Å². The lowest BCUT2D eigenvalue weighted by atomic mass is 10.1. The van der Waals surface area contributed by atoms with Crippen molar-refractivity contribution >= 4 is 96.4 Å². The molecule has 310 valence electrons. The molecule has 6 aromatic heterocycles. The van der Waals surface area contributed by atoms with Crippen LogP contribution in [0.1, 0.15) is 55.5 Å². The standard InChI is InChI=1S/C13H10ClN5O2.C12H8ClN5O2.C10H8ClNO.C3H6N4/c1-19-17-13(16-18-19)12(21)5-11(20)9-6-15-10-3-2-7(14)4-8(9)10;13-6-1-2-9-7(3-6)8(5-14-9)10(19)4-11(20)12-15-17-18-16-12;1-6(13)9-5-12-10-3-2-7(11)4-8(9)10;1-3-4-6-7(2)5-3/h2-6,15,20H,1H3;1-5,14,19H,(H,15,16,17,18);2-5,12H,1H3;1-2H3. The van der Waals surface area contributed by atoms with Crippen molar-refractivity contribution in [2.45, 2.75) is 13.8 Å². The summed E-state index contributed by atoms with van der Waals surface area (Å²) in [5, 5.41) is 58.7. The van der Waals surface area contributed by atoms with Crippen molar-refractivity contribution < 1.29 is 24.6 Å². The Balaban J connectivity index is 0.000000145. The number of nitrogens with one attached hydrogen (secondary N) is 4. The number of aryl methyl sites for hydroxylation is 3. The van der Waals surface area contributed by atoms with Gasteiger partial charge in [-0.2, -0.15) is 14.8 Å². The van der Waals surface area contributed by atoms with Crippen LogP contribution in [0.3, 0.4) is 0 Å². The molecule has 9 aromatic rings. The Labute approximate surface area is 358 Å². The fourth-order valence-electron chi connectivity index (χ4n) is 5.55. The van der Waals surface area contributed by atoms with Crippen molar-refractivity contribution in [1.29, 1.82) is 0 Å². The minimum atomic E-state index is -0.548. The molecule has 0 aliphatic rings. The third-order valence-electron chi connectivity index (χ3n) is 8.30. The molecule has 9 rings (SSSR count). The first-order chi connectivity index (χ1) is 29.2. The number of allylic oxidation sites excluding steroid dienone is 2. The van der Waals surface area contributed by atoms with E-state index in [2.05, 4.69) is 66.4 Å². The summed E-state index contributed by atoms with van der Waals surface area (Å²) in [6, 6.07) is 15.9. The first-order valence-electron chi connectivity index (χ1n) is 17.6. The molecule has 0 amide bonds. The molecule has 3 aromatic carbocycles. The number of hydrogen-bond donors (Lipinski definition) is 6. The number of ketones is 3. The minimum Gasteiger partial charge on any atom is -0.507 e. The molecule has 0 saturated carbocycles. The largest absolute Gasteiger partial charge is 0.507 e. The molecule has 0 aliphatic heterocycles. The van der Waals surface area contributed by atoms with Crippen LogP contribution in [0.5, 0.6) is 0 Å². The van der Waals surface area contributed by atoms with Gasteiger partial charge in [0.05, 0.1) is 14.1 Å². The van der Waals surface area contributed by atoms with E-state index in [1.165, 1.54) is 9.59 Å². The second-order valence-corrected chi connectivity index (χ2v) is 14.0. The summed E-state index contributed by atoms with van der Waals surface area (Å²) in [4.78, 5) is 46.4. The maximum Gasteiger partial charge on any atom is 0.244 e. The maximum atomic E-state index is 11.9. The van der Waals surface area contributed by atoms with Crippen LogP contribution in [-0.4, -0.2) is 104 Å². The minimum absolute atomic E-state index is 0.0496. The van der Waals surface area contributed by atoms with Crippen LogP contribution in [0.4, 0.5) is 0 Å². The monoisotopic (exact) mass is 883 g/mol. The van der Waals surface area contributed by atoms with Gasteiger partial charge in [-0.15, -0.1) is 30.6 Å². The van der Waals surface area contributed by atoms with Crippen LogP contribution in [-0.2, 0) is 14.1 Å². The summed E-state index contributed by atoms with van der Waals surface area (Å²) in [6.45, 7) is 3.34. The average Bonchev–Trinajstić information content (AvgIpc) is 4.08. The zero-order valence-electron chi connectivity index (χ0n) is 32.3. The molecule has 0 spiro atoms. The molecule has 0 aliphatic carbocycles. The van der Waals surface area contributed by atoms with Gasteiger partial charge in [0.2, 0.25) is 23.2 Å². The number of benzene rings is 3. The number of tetrazole rings is 3. The Hall–Kier alpha value is -7.55. The van der Waals surface area contributed by atoms with Gasteiger partial charge in [-0.05, 0) is 84.1 Å². The number of fused-ring (bicyclic) bond motifs is 3. The second kappa shape index (κ2) is 19.0. The van der Waals surface area contributed by atoms with Gasteiger partial charge in [0.25, 0.3) is 0 Å². The molecule has 0 fully saturated rings. The third-order valence-corrected chi connectivity index (χ3v) is 9.01. The fraction of sp³-hybridized carbons (Fsp3) is 0.105. The smallest absolute Gasteiger partial charge is 0.244 e. The molecular weight excluding hydrogens is 853 g/mol. The average molecular weight is 885 g/mol. The molecule has 6 heterocycles. The van der Waals surface area contributed by atoms with Gasteiger partial charge in [-0.25, -0.2) is 0 Å². The van der Waals surface area contributed by atoms with Crippen LogP contribution in [0.15, 0.2) is 85.3 Å². The van der Waals surface area contributed by atoms with E-state index in [0.29, 0.717) is 43.0 Å². The van der Waals surface area contributed by atoms with Gasteiger partial charge in [-0.3, -0.25) is 14.4 Å². The van der Waals surface area contributed by atoms with Crippen molar-refractivity contribution in [3.63, 3.8) is 0 Å². The van der Waals surface area contributed by atoms with E-state index in [1.807, 2.05) is 6.07 Å². The number of hydrogen-bond acceptors (Lipinski definition) is 14. The lowest BCUT2D eigenvalue weighted by Crippen LogP contribution is -2.00. The highest BCUT2D eigenvalue weighted by molar-refractivity contribution is 6.32. The quantitative estimate of drug-likeness (QED) is 0.0546. The molecule has 0 saturated heterocycles. The van der Waals surface area contributed by atoms with Gasteiger partial charge in [0, 0.05) is 95.2 Å². The summed E-state index contributed by atoms with van der Waals surface area (Å²) in [7, 11) is 3.29. The lowest BCUT2D eigenvalue weighted by Gasteiger charge is -1.98. The molecular formula is C38H32Cl3N15O5. The van der Waals surface area contributed by atoms with E-state index in [9.17, 15) is 24.6 Å². The number of aromatic amines is 4. The third kappa shape index (κ3) is 10.7. The highest BCUT2D eigenvalue weighted by atomic mass is 35.5.